The summed E-state index contributed by atoms with van der Waals surface area (Å²) >= 11 is 0. The molecule has 0 aliphatic heterocycles. The monoisotopic (exact) mass is 326 g/mol. The van der Waals surface area contributed by atoms with E-state index in [-0.39, 0.29) is 17.7 Å². The number of phenolic OH excluding ortho intramolecular Hbond substituents is 1. The van der Waals surface area contributed by atoms with Gasteiger partial charge in [-0.1, -0.05) is 56.3 Å². The predicted molar refractivity (Wildman–Crippen MR) is 97.3 cm³/mol. The molecule has 0 aromatic heterocycles. The molecule has 2 rings (SSSR count). The van der Waals surface area contributed by atoms with E-state index >= 15 is 0 Å². The van der Waals surface area contributed by atoms with Crippen molar-refractivity contribution in [3.8, 4) is 5.75 Å². The smallest absolute Gasteiger partial charge is 0.255 e. The molecule has 0 aliphatic rings. The lowest BCUT2D eigenvalue weighted by molar-refractivity contribution is 0.0932. The van der Waals surface area contributed by atoms with Crippen molar-refractivity contribution in [3.63, 3.8) is 0 Å². The van der Waals surface area contributed by atoms with E-state index in [0.717, 1.165) is 19.5 Å². The molecule has 1 amide bonds. The van der Waals surface area contributed by atoms with Gasteiger partial charge in [0.25, 0.3) is 5.91 Å². The summed E-state index contributed by atoms with van der Waals surface area (Å²) < 4.78 is 0. The molecule has 24 heavy (non-hydrogen) atoms. The van der Waals surface area contributed by atoms with Crippen LogP contribution >= 0.6 is 0 Å². The molecule has 0 unspecified atom stereocenters. The Kier molecular flexibility index (Phi) is 6.82. The Balaban J connectivity index is 2.05. The molecule has 4 nitrogen and oxygen atoms in total. The van der Waals surface area contributed by atoms with Crippen molar-refractivity contribution in [2.45, 2.75) is 26.3 Å². The number of hydrogen-bond acceptors (Lipinski definition) is 3. The molecule has 4 heteroatoms. The molecule has 2 aromatic carbocycles. The van der Waals surface area contributed by atoms with E-state index in [1.54, 1.807) is 18.2 Å². The highest BCUT2D eigenvalue weighted by atomic mass is 16.3. The number of carbonyl (C=O) groups is 1. The molecule has 0 saturated heterocycles. The van der Waals surface area contributed by atoms with E-state index in [0.29, 0.717) is 12.1 Å². The number of hydrogen-bond donors (Lipinski definition) is 2. The van der Waals surface area contributed by atoms with Crippen molar-refractivity contribution in [2.24, 2.45) is 0 Å². The van der Waals surface area contributed by atoms with Crippen LogP contribution in [0.3, 0.4) is 0 Å². The molecular weight excluding hydrogens is 300 g/mol. The summed E-state index contributed by atoms with van der Waals surface area (Å²) in [5, 5.41) is 12.8. The van der Waals surface area contributed by atoms with Gasteiger partial charge in [0.1, 0.15) is 5.75 Å². The quantitative estimate of drug-likeness (QED) is 0.784. The zero-order valence-electron chi connectivity index (χ0n) is 14.4. The average Bonchev–Trinajstić information content (AvgIpc) is 2.61. The minimum Gasteiger partial charge on any atom is -0.507 e. The molecule has 0 heterocycles. The fourth-order valence-corrected chi connectivity index (χ4v) is 2.93. The van der Waals surface area contributed by atoms with E-state index in [4.69, 9.17) is 0 Å². The summed E-state index contributed by atoms with van der Waals surface area (Å²) in [5.74, 6) is -0.226. The molecule has 128 valence electrons. The molecule has 0 bridgehead atoms. The van der Waals surface area contributed by atoms with E-state index < -0.39 is 0 Å². The van der Waals surface area contributed by atoms with Gasteiger partial charge in [0.2, 0.25) is 0 Å². The van der Waals surface area contributed by atoms with Crippen LogP contribution in [-0.4, -0.2) is 41.6 Å². The largest absolute Gasteiger partial charge is 0.507 e. The SMILES string of the molecule is CCN(CC)[C@H](CNC(=O)c1ccccc1O)Cc1ccccc1. The van der Waals surface area contributed by atoms with Crippen molar-refractivity contribution in [2.75, 3.05) is 19.6 Å². The van der Waals surface area contributed by atoms with Crippen LogP contribution < -0.4 is 5.32 Å². The number of benzene rings is 2. The van der Waals surface area contributed by atoms with Crippen molar-refractivity contribution in [1.29, 1.82) is 0 Å². The summed E-state index contributed by atoms with van der Waals surface area (Å²) in [6.07, 6.45) is 0.879. The lowest BCUT2D eigenvalue weighted by Crippen LogP contribution is -2.45. The van der Waals surface area contributed by atoms with Crippen LogP contribution in [0.15, 0.2) is 54.6 Å². The second-order valence-electron chi connectivity index (χ2n) is 5.79. The first-order valence-corrected chi connectivity index (χ1v) is 8.49. The molecule has 0 spiro atoms. The maximum Gasteiger partial charge on any atom is 0.255 e. The molecule has 0 radical (unpaired) electrons. The van der Waals surface area contributed by atoms with Crippen LogP contribution in [0.25, 0.3) is 0 Å². The van der Waals surface area contributed by atoms with Gasteiger partial charge in [-0.3, -0.25) is 9.69 Å². The Labute approximate surface area is 144 Å². The van der Waals surface area contributed by atoms with E-state index in [1.807, 2.05) is 18.2 Å². The second kappa shape index (κ2) is 9.08. The first-order chi connectivity index (χ1) is 11.7. The zero-order valence-corrected chi connectivity index (χ0v) is 14.4. The van der Waals surface area contributed by atoms with Crippen molar-refractivity contribution in [1.82, 2.24) is 10.2 Å². The van der Waals surface area contributed by atoms with Crippen LogP contribution in [0.2, 0.25) is 0 Å². The number of nitrogens with one attached hydrogen (secondary N) is 1. The normalized spacial score (nSPS) is 12.1. The lowest BCUT2D eigenvalue weighted by Gasteiger charge is -2.30. The average molecular weight is 326 g/mol. The third kappa shape index (κ3) is 4.83. The van der Waals surface area contributed by atoms with Gasteiger partial charge in [0.15, 0.2) is 0 Å². The van der Waals surface area contributed by atoms with Gasteiger partial charge >= 0.3 is 0 Å². The van der Waals surface area contributed by atoms with Gasteiger partial charge in [0.05, 0.1) is 5.56 Å². The number of amides is 1. The first-order valence-electron chi connectivity index (χ1n) is 8.49. The molecule has 0 aliphatic carbocycles. The summed E-state index contributed by atoms with van der Waals surface area (Å²) in [4.78, 5) is 14.7. The molecule has 1 atom stereocenters. The van der Waals surface area contributed by atoms with Crippen LogP contribution in [0.5, 0.6) is 5.75 Å². The van der Waals surface area contributed by atoms with Crippen LogP contribution in [0, 0.1) is 0 Å². The van der Waals surface area contributed by atoms with E-state index in [1.165, 1.54) is 11.6 Å². The van der Waals surface area contributed by atoms with E-state index in [9.17, 15) is 9.90 Å². The highest BCUT2D eigenvalue weighted by Crippen LogP contribution is 2.15. The first kappa shape index (κ1) is 18.0. The van der Waals surface area contributed by atoms with Gasteiger partial charge < -0.3 is 10.4 Å². The van der Waals surface area contributed by atoms with Gasteiger partial charge in [-0.25, -0.2) is 0 Å². The third-order valence-electron chi connectivity index (χ3n) is 4.29. The molecular formula is C20H26N2O2. The van der Waals surface area contributed by atoms with Crippen molar-refractivity contribution >= 4 is 5.91 Å². The molecule has 0 fully saturated rings. The summed E-state index contributed by atoms with van der Waals surface area (Å²) in [6.45, 7) is 6.67. The molecule has 2 N–H and O–H groups in total. The Morgan fingerprint density at radius 3 is 2.29 bits per heavy atom. The van der Waals surface area contributed by atoms with Crippen LogP contribution in [0.1, 0.15) is 29.8 Å². The lowest BCUT2D eigenvalue weighted by atomic mass is 10.0. The highest BCUT2D eigenvalue weighted by molar-refractivity contribution is 5.96. The van der Waals surface area contributed by atoms with Crippen molar-refractivity contribution < 1.29 is 9.90 Å². The minimum atomic E-state index is -0.238. The topological polar surface area (TPSA) is 52.6 Å². The number of para-hydroxylation sites is 1. The van der Waals surface area contributed by atoms with Crippen molar-refractivity contribution in [3.05, 3.63) is 65.7 Å². The standard InChI is InChI=1S/C20H26N2O2/c1-3-22(4-2)17(14-16-10-6-5-7-11-16)15-21-20(24)18-12-8-9-13-19(18)23/h5-13,17,23H,3-4,14-15H2,1-2H3,(H,21,24)/t17-/m0/s1. The van der Waals surface area contributed by atoms with Gasteiger partial charge in [-0.05, 0) is 37.2 Å². The Hall–Kier alpha value is -2.33. The number of likely N-dealkylation sites (N-methyl/N-ethyl adjacent to an activating group) is 1. The summed E-state index contributed by atoms with van der Waals surface area (Å²) in [6, 6.07) is 17.1. The third-order valence-corrected chi connectivity index (χ3v) is 4.29. The Morgan fingerprint density at radius 2 is 1.67 bits per heavy atom. The predicted octanol–water partition coefficient (Wildman–Crippen LogP) is 3.08. The maximum atomic E-state index is 12.3. The summed E-state index contributed by atoms with van der Waals surface area (Å²) in [5.41, 5.74) is 1.57. The molecule has 0 saturated carbocycles. The fourth-order valence-electron chi connectivity index (χ4n) is 2.93. The second-order valence-corrected chi connectivity index (χ2v) is 5.79. The van der Waals surface area contributed by atoms with Gasteiger partial charge in [0, 0.05) is 12.6 Å². The molecule has 2 aromatic rings. The Morgan fingerprint density at radius 1 is 1.04 bits per heavy atom. The maximum absolute atomic E-state index is 12.3. The van der Waals surface area contributed by atoms with E-state index in [2.05, 4.69) is 36.2 Å². The number of aromatic hydroxyl groups is 1. The number of nitrogens with zero attached hydrogens (tertiary/aromatic N) is 1. The van der Waals surface area contributed by atoms with Crippen LogP contribution in [-0.2, 0) is 6.42 Å². The van der Waals surface area contributed by atoms with Gasteiger partial charge in [-0.15, -0.1) is 0 Å². The number of carbonyl (C=O) groups excluding carboxylic acids is 1. The number of rotatable bonds is 8. The number of phenols is 1. The zero-order chi connectivity index (χ0) is 17.4. The Bertz CT molecular complexity index is 639. The highest BCUT2D eigenvalue weighted by Gasteiger charge is 2.18. The minimum absolute atomic E-state index is 0.0115. The van der Waals surface area contributed by atoms with Crippen LogP contribution in [0.4, 0.5) is 0 Å². The van der Waals surface area contributed by atoms with Gasteiger partial charge in [-0.2, -0.15) is 0 Å². The summed E-state index contributed by atoms with van der Waals surface area (Å²) in [7, 11) is 0. The fraction of sp³-hybridized carbons (Fsp3) is 0.350.